The fourth-order valence-corrected chi connectivity index (χ4v) is 5.36. The second-order valence-electron chi connectivity index (χ2n) is 5.47. The van der Waals surface area contributed by atoms with Gasteiger partial charge in [-0.05, 0) is 29.8 Å². The standard InChI is InChI=1S/C17H12ClNO3S/c18-13-6-8-14(9-7-13)23(21,22)16-15(17(16,10-19)11-20)12-4-2-1-3-5-12/h1-9,11,15-16H/t15-,16+,17-/m1/s1. The molecule has 0 N–H and O–H groups in total. The summed E-state index contributed by atoms with van der Waals surface area (Å²) in [7, 11) is -3.82. The topological polar surface area (TPSA) is 75.0 Å². The Bertz CT molecular complexity index is 888. The van der Waals surface area contributed by atoms with Crippen LogP contribution < -0.4 is 0 Å². The summed E-state index contributed by atoms with van der Waals surface area (Å²) < 4.78 is 25.7. The molecule has 0 aromatic heterocycles. The lowest BCUT2D eigenvalue weighted by Gasteiger charge is -2.04. The Hall–Kier alpha value is -2.16. The van der Waals surface area contributed by atoms with E-state index in [-0.39, 0.29) is 4.90 Å². The summed E-state index contributed by atoms with van der Waals surface area (Å²) in [5.41, 5.74) is -0.872. The molecule has 0 unspecified atom stereocenters. The number of hydrogen-bond donors (Lipinski definition) is 0. The minimum Gasteiger partial charge on any atom is -0.302 e. The lowest BCUT2D eigenvalue weighted by atomic mass is 10.0. The number of halogens is 1. The average Bonchev–Trinajstić information content (AvgIpc) is 3.27. The first-order chi connectivity index (χ1) is 11.0. The maximum absolute atomic E-state index is 12.9. The van der Waals surface area contributed by atoms with Crippen LogP contribution >= 0.6 is 11.6 Å². The fraction of sp³-hybridized carbons (Fsp3) is 0.176. The normalized spacial score (nSPS) is 26.3. The van der Waals surface area contributed by atoms with Gasteiger partial charge in [0.2, 0.25) is 0 Å². The second-order valence-corrected chi connectivity index (χ2v) is 7.98. The van der Waals surface area contributed by atoms with Crippen LogP contribution in [0.5, 0.6) is 0 Å². The van der Waals surface area contributed by atoms with Gasteiger partial charge < -0.3 is 4.79 Å². The first-order valence-electron chi connectivity index (χ1n) is 6.89. The van der Waals surface area contributed by atoms with Crippen LogP contribution in [0.1, 0.15) is 11.5 Å². The van der Waals surface area contributed by atoms with Gasteiger partial charge in [0.05, 0.1) is 11.0 Å². The van der Waals surface area contributed by atoms with Crippen molar-refractivity contribution in [3.63, 3.8) is 0 Å². The van der Waals surface area contributed by atoms with E-state index >= 15 is 0 Å². The van der Waals surface area contributed by atoms with Crippen LogP contribution in [0.3, 0.4) is 0 Å². The van der Waals surface area contributed by atoms with Crippen molar-refractivity contribution in [3.05, 3.63) is 65.2 Å². The van der Waals surface area contributed by atoms with Crippen molar-refractivity contribution in [2.24, 2.45) is 5.41 Å². The molecule has 1 aliphatic carbocycles. The average molecular weight is 346 g/mol. The van der Waals surface area contributed by atoms with Crippen molar-refractivity contribution >= 4 is 27.7 Å². The van der Waals surface area contributed by atoms with Crippen LogP contribution in [0.25, 0.3) is 0 Å². The van der Waals surface area contributed by atoms with Gasteiger partial charge in [0.15, 0.2) is 9.84 Å². The summed E-state index contributed by atoms with van der Waals surface area (Å²) in [5.74, 6) is -0.660. The molecule has 0 amide bonds. The van der Waals surface area contributed by atoms with Gasteiger partial charge >= 0.3 is 0 Å². The third kappa shape index (κ3) is 2.35. The summed E-state index contributed by atoms with van der Waals surface area (Å²) in [5, 5.41) is 8.78. The number of carbonyl (C=O) groups is 1. The molecule has 0 saturated heterocycles. The van der Waals surface area contributed by atoms with E-state index in [1.165, 1.54) is 24.3 Å². The fourth-order valence-electron chi connectivity index (χ4n) is 2.99. The molecular weight excluding hydrogens is 334 g/mol. The Morgan fingerprint density at radius 3 is 2.22 bits per heavy atom. The van der Waals surface area contributed by atoms with Crippen LogP contribution in [-0.2, 0) is 14.6 Å². The van der Waals surface area contributed by atoms with Gasteiger partial charge in [-0.3, -0.25) is 0 Å². The SMILES string of the molecule is N#C[C@@]1(C=O)[C@H](c2ccccc2)[C@@H]1S(=O)(=O)c1ccc(Cl)cc1. The minimum absolute atomic E-state index is 0.0619. The van der Waals surface area contributed by atoms with Gasteiger partial charge in [-0.15, -0.1) is 0 Å². The maximum Gasteiger partial charge on any atom is 0.183 e. The Morgan fingerprint density at radius 1 is 1.09 bits per heavy atom. The highest BCUT2D eigenvalue weighted by molar-refractivity contribution is 7.92. The number of hydrogen-bond acceptors (Lipinski definition) is 4. The van der Waals surface area contributed by atoms with Gasteiger partial charge in [-0.1, -0.05) is 41.9 Å². The van der Waals surface area contributed by atoms with E-state index in [0.717, 1.165) is 0 Å². The van der Waals surface area contributed by atoms with Crippen molar-refractivity contribution < 1.29 is 13.2 Å². The first kappa shape index (κ1) is 15.7. The summed E-state index contributed by atoms with van der Waals surface area (Å²) in [6, 6.07) is 16.4. The largest absolute Gasteiger partial charge is 0.302 e. The highest BCUT2D eigenvalue weighted by Crippen LogP contribution is 2.62. The number of rotatable bonds is 4. The minimum atomic E-state index is -3.82. The molecule has 1 aliphatic rings. The molecule has 116 valence electrons. The van der Waals surface area contributed by atoms with Gasteiger partial charge in [-0.2, -0.15) is 5.26 Å². The molecule has 6 heteroatoms. The van der Waals surface area contributed by atoms with Gasteiger partial charge in [0.1, 0.15) is 17.0 Å². The molecule has 2 aromatic carbocycles. The van der Waals surface area contributed by atoms with Crippen LogP contribution in [0, 0.1) is 16.7 Å². The Morgan fingerprint density at radius 2 is 1.70 bits per heavy atom. The molecule has 1 fully saturated rings. The molecular formula is C17H12ClNO3S. The summed E-state index contributed by atoms with van der Waals surface area (Å²) in [6.07, 6.45) is 0.461. The van der Waals surface area contributed by atoms with E-state index in [1.807, 2.05) is 6.07 Å². The van der Waals surface area contributed by atoms with E-state index in [9.17, 15) is 18.5 Å². The number of carbonyl (C=O) groups excluding carboxylic acids is 1. The monoisotopic (exact) mass is 345 g/mol. The highest BCUT2D eigenvalue weighted by Gasteiger charge is 2.72. The van der Waals surface area contributed by atoms with E-state index in [1.54, 1.807) is 30.3 Å². The highest BCUT2D eigenvalue weighted by atomic mass is 35.5. The zero-order valence-electron chi connectivity index (χ0n) is 11.9. The summed E-state index contributed by atoms with van der Waals surface area (Å²) in [4.78, 5) is 11.6. The van der Waals surface area contributed by atoms with Gasteiger partial charge in [0.25, 0.3) is 0 Å². The van der Waals surface area contributed by atoms with Gasteiger partial charge in [0, 0.05) is 10.9 Å². The predicted octanol–water partition coefficient (Wildman–Crippen LogP) is 2.99. The lowest BCUT2D eigenvalue weighted by molar-refractivity contribution is -0.110. The molecule has 2 aromatic rings. The number of aldehydes is 1. The van der Waals surface area contributed by atoms with Crippen molar-refractivity contribution in [2.45, 2.75) is 16.1 Å². The van der Waals surface area contributed by atoms with Crippen molar-refractivity contribution in [1.82, 2.24) is 0 Å². The molecule has 23 heavy (non-hydrogen) atoms. The molecule has 0 spiro atoms. The Kier molecular flexibility index (Phi) is 3.75. The zero-order valence-corrected chi connectivity index (χ0v) is 13.5. The van der Waals surface area contributed by atoms with E-state index in [4.69, 9.17) is 11.6 Å². The smallest absolute Gasteiger partial charge is 0.183 e. The Labute approximate surface area is 139 Å². The molecule has 0 heterocycles. The number of nitrogens with zero attached hydrogens (tertiary/aromatic N) is 1. The molecule has 4 nitrogen and oxygen atoms in total. The van der Waals surface area contributed by atoms with Crippen LogP contribution in [-0.4, -0.2) is 20.0 Å². The van der Waals surface area contributed by atoms with Crippen molar-refractivity contribution in [2.75, 3.05) is 0 Å². The molecule has 3 rings (SSSR count). The summed E-state index contributed by atoms with van der Waals surface area (Å²) >= 11 is 5.79. The first-order valence-corrected chi connectivity index (χ1v) is 8.82. The van der Waals surface area contributed by atoms with E-state index in [2.05, 4.69) is 0 Å². The zero-order chi connectivity index (χ0) is 16.7. The number of benzene rings is 2. The maximum atomic E-state index is 12.9. The number of sulfone groups is 1. The van der Waals surface area contributed by atoms with Crippen LogP contribution in [0.15, 0.2) is 59.5 Å². The Balaban J connectivity index is 2.09. The van der Waals surface area contributed by atoms with E-state index < -0.39 is 26.4 Å². The van der Waals surface area contributed by atoms with Crippen molar-refractivity contribution in [1.29, 1.82) is 5.26 Å². The third-order valence-corrected chi connectivity index (χ3v) is 6.71. The van der Waals surface area contributed by atoms with E-state index in [0.29, 0.717) is 16.9 Å². The van der Waals surface area contributed by atoms with Crippen LogP contribution in [0.2, 0.25) is 5.02 Å². The quantitative estimate of drug-likeness (QED) is 0.798. The predicted molar refractivity (Wildman–Crippen MR) is 85.7 cm³/mol. The molecule has 0 radical (unpaired) electrons. The number of nitriles is 1. The van der Waals surface area contributed by atoms with Gasteiger partial charge in [-0.25, -0.2) is 8.42 Å². The molecule has 0 aliphatic heterocycles. The lowest BCUT2D eigenvalue weighted by Crippen LogP contribution is -2.16. The summed E-state index contributed by atoms with van der Waals surface area (Å²) in [6.45, 7) is 0. The molecule has 1 saturated carbocycles. The molecule has 3 atom stereocenters. The third-order valence-electron chi connectivity index (χ3n) is 4.20. The van der Waals surface area contributed by atoms with Crippen LogP contribution in [0.4, 0.5) is 0 Å². The second kappa shape index (κ2) is 5.48. The molecule has 0 bridgehead atoms. The van der Waals surface area contributed by atoms with Crippen molar-refractivity contribution in [3.8, 4) is 6.07 Å².